The molecule has 17 heavy (non-hydrogen) atoms. The highest BCUT2D eigenvalue weighted by molar-refractivity contribution is 5.32. The summed E-state index contributed by atoms with van der Waals surface area (Å²) in [6.07, 6.45) is 6.34. The van der Waals surface area contributed by atoms with Crippen LogP contribution in [0.1, 0.15) is 37.2 Å². The van der Waals surface area contributed by atoms with Gasteiger partial charge in [-0.2, -0.15) is 0 Å². The number of ether oxygens (including phenoxy) is 1. The van der Waals surface area contributed by atoms with Gasteiger partial charge in [-0.1, -0.05) is 6.08 Å². The molecule has 0 radical (unpaired) electrons. The van der Waals surface area contributed by atoms with Gasteiger partial charge in [-0.15, -0.1) is 6.58 Å². The molecule has 1 aliphatic carbocycles. The zero-order chi connectivity index (χ0) is 12.3. The molecule has 1 nitrogen and oxygen atoms in total. The standard InChI is InChI=1S/C15H19FO/c1-3-11-4-6-12(7-5-11)14-10-13(17-2)8-9-15(14)16/h3,8-12H,1,4-7H2,2H3. The smallest absolute Gasteiger partial charge is 0.126 e. The lowest BCUT2D eigenvalue weighted by atomic mass is 9.78. The Bertz CT molecular complexity index is 392. The van der Waals surface area contributed by atoms with Gasteiger partial charge in [0, 0.05) is 0 Å². The molecule has 0 amide bonds. The van der Waals surface area contributed by atoms with Crippen molar-refractivity contribution in [2.45, 2.75) is 31.6 Å². The Labute approximate surface area is 102 Å². The monoisotopic (exact) mass is 234 g/mol. The van der Waals surface area contributed by atoms with Crippen LogP contribution in [0.15, 0.2) is 30.9 Å². The van der Waals surface area contributed by atoms with Gasteiger partial charge in [0.25, 0.3) is 0 Å². The van der Waals surface area contributed by atoms with Crippen molar-refractivity contribution in [3.05, 3.63) is 42.2 Å². The van der Waals surface area contributed by atoms with Crippen molar-refractivity contribution in [1.29, 1.82) is 0 Å². The Morgan fingerprint density at radius 2 is 2.00 bits per heavy atom. The van der Waals surface area contributed by atoms with Crippen LogP contribution in [0.2, 0.25) is 0 Å². The molecule has 0 aromatic heterocycles. The minimum atomic E-state index is -0.104. The fourth-order valence-corrected chi connectivity index (χ4v) is 2.63. The van der Waals surface area contributed by atoms with Crippen LogP contribution in [0.4, 0.5) is 4.39 Å². The zero-order valence-electron chi connectivity index (χ0n) is 10.3. The van der Waals surface area contributed by atoms with Crippen LogP contribution in [0.5, 0.6) is 5.75 Å². The lowest BCUT2D eigenvalue weighted by molar-refractivity contribution is 0.365. The average molecular weight is 234 g/mol. The number of hydrogen-bond acceptors (Lipinski definition) is 1. The summed E-state index contributed by atoms with van der Waals surface area (Å²) in [6, 6.07) is 5.02. The van der Waals surface area contributed by atoms with E-state index in [1.807, 2.05) is 12.1 Å². The van der Waals surface area contributed by atoms with Gasteiger partial charge in [-0.05, 0) is 61.3 Å². The van der Waals surface area contributed by atoms with Crippen LogP contribution in [0, 0.1) is 11.7 Å². The van der Waals surface area contributed by atoms with E-state index in [0.29, 0.717) is 11.8 Å². The van der Waals surface area contributed by atoms with Crippen molar-refractivity contribution in [3.63, 3.8) is 0 Å². The molecule has 1 aliphatic rings. The van der Waals surface area contributed by atoms with E-state index in [0.717, 1.165) is 37.0 Å². The van der Waals surface area contributed by atoms with Crippen molar-refractivity contribution in [2.75, 3.05) is 7.11 Å². The first-order chi connectivity index (χ1) is 8.24. The maximum absolute atomic E-state index is 13.8. The second kappa shape index (κ2) is 5.35. The van der Waals surface area contributed by atoms with Gasteiger partial charge >= 0.3 is 0 Å². The van der Waals surface area contributed by atoms with Crippen LogP contribution >= 0.6 is 0 Å². The second-order valence-corrected chi connectivity index (χ2v) is 4.73. The lowest BCUT2D eigenvalue weighted by Gasteiger charge is -2.27. The van der Waals surface area contributed by atoms with Crippen LogP contribution < -0.4 is 4.74 Å². The molecule has 1 saturated carbocycles. The molecule has 1 aromatic carbocycles. The minimum Gasteiger partial charge on any atom is -0.497 e. The highest BCUT2D eigenvalue weighted by Crippen LogP contribution is 2.38. The maximum atomic E-state index is 13.8. The van der Waals surface area contributed by atoms with Gasteiger partial charge in [0.1, 0.15) is 11.6 Å². The van der Waals surface area contributed by atoms with Gasteiger partial charge in [0.2, 0.25) is 0 Å². The third-order valence-corrected chi connectivity index (χ3v) is 3.75. The highest BCUT2D eigenvalue weighted by atomic mass is 19.1. The molecule has 0 unspecified atom stereocenters. The van der Waals surface area contributed by atoms with Crippen molar-refractivity contribution in [3.8, 4) is 5.75 Å². The summed E-state index contributed by atoms with van der Waals surface area (Å²) < 4.78 is 19.0. The predicted molar refractivity (Wildman–Crippen MR) is 67.8 cm³/mol. The lowest BCUT2D eigenvalue weighted by Crippen LogP contribution is -2.12. The molecule has 0 heterocycles. The Morgan fingerprint density at radius 3 is 2.59 bits per heavy atom. The number of benzene rings is 1. The van der Waals surface area contributed by atoms with Gasteiger partial charge < -0.3 is 4.74 Å². The molecular formula is C15H19FO. The molecule has 0 atom stereocenters. The Morgan fingerprint density at radius 1 is 1.29 bits per heavy atom. The van der Waals surface area contributed by atoms with Crippen molar-refractivity contribution >= 4 is 0 Å². The molecular weight excluding hydrogens is 215 g/mol. The van der Waals surface area contributed by atoms with E-state index in [2.05, 4.69) is 6.58 Å². The number of halogens is 1. The Hall–Kier alpha value is -1.31. The molecule has 0 spiro atoms. The predicted octanol–water partition coefficient (Wildman–Crippen LogP) is 4.29. The summed E-state index contributed by atoms with van der Waals surface area (Å²) in [5.41, 5.74) is 0.812. The van der Waals surface area contributed by atoms with Crippen molar-refractivity contribution in [1.82, 2.24) is 0 Å². The van der Waals surface area contributed by atoms with Crippen molar-refractivity contribution in [2.24, 2.45) is 5.92 Å². The maximum Gasteiger partial charge on any atom is 0.126 e. The van der Waals surface area contributed by atoms with Crippen LogP contribution in [0.3, 0.4) is 0 Å². The fraction of sp³-hybridized carbons (Fsp3) is 0.467. The SMILES string of the molecule is C=CC1CCC(c2cc(OC)ccc2F)CC1. The third-order valence-electron chi connectivity index (χ3n) is 3.75. The Balaban J connectivity index is 2.14. The number of rotatable bonds is 3. The summed E-state index contributed by atoms with van der Waals surface area (Å²) in [7, 11) is 1.62. The molecule has 0 saturated heterocycles. The summed E-state index contributed by atoms with van der Waals surface area (Å²) in [4.78, 5) is 0. The van der Waals surface area contributed by atoms with E-state index in [1.54, 1.807) is 13.2 Å². The van der Waals surface area contributed by atoms with Gasteiger partial charge in [0.05, 0.1) is 7.11 Å². The first kappa shape index (κ1) is 12.2. The van der Waals surface area contributed by atoms with E-state index in [4.69, 9.17) is 4.74 Å². The molecule has 0 N–H and O–H groups in total. The molecule has 0 aliphatic heterocycles. The number of allylic oxidation sites excluding steroid dienone is 1. The van der Waals surface area contributed by atoms with E-state index < -0.39 is 0 Å². The van der Waals surface area contributed by atoms with Crippen LogP contribution in [-0.4, -0.2) is 7.11 Å². The first-order valence-corrected chi connectivity index (χ1v) is 6.20. The second-order valence-electron chi connectivity index (χ2n) is 4.73. The van der Waals surface area contributed by atoms with E-state index in [1.165, 1.54) is 6.07 Å². The largest absolute Gasteiger partial charge is 0.497 e. The molecule has 1 aromatic rings. The van der Waals surface area contributed by atoms with E-state index in [-0.39, 0.29) is 5.82 Å². The zero-order valence-corrected chi connectivity index (χ0v) is 10.3. The number of methoxy groups -OCH3 is 1. The average Bonchev–Trinajstić information content (AvgIpc) is 2.39. The molecule has 2 heteroatoms. The quantitative estimate of drug-likeness (QED) is 0.709. The number of hydrogen-bond donors (Lipinski definition) is 0. The molecule has 0 bridgehead atoms. The molecule has 1 fully saturated rings. The summed E-state index contributed by atoms with van der Waals surface area (Å²) in [5.74, 6) is 1.58. The minimum absolute atomic E-state index is 0.104. The molecule has 92 valence electrons. The Kier molecular flexibility index (Phi) is 3.82. The summed E-state index contributed by atoms with van der Waals surface area (Å²) in [5, 5.41) is 0. The first-order valence-electron chi connectivity index (χ1n) is 6.20. The third kappa shape index (κ3) is 2.68. The summed E-state index contributed by atoms with van der Waals surface area (Å²) in [6.45, 7) is 3.83. The molecule has 2 rings (SSSR count). The summed E-state index contributed by atoms with van der Waals surface area (Å²) >= 11 is 0. The van der Waals surface area contributed by atoms with Gasteiger partial charge in [0.15, 0.2) is 0 Å². The van der Waals surface area contributed by atoms with Crippen LogP contribution in [0.25, 0.3) is 0 Å². The normalized spacial score (nSPS) is 24.4. The fourth-order valence-electron chi connectivity index (χ4n) is 2.63. The highest BCUT2D eigenvalue weighted by Gasteiger charge is 2.23. The van der Waals surface area contributed by atoms with Gasteiger partial charge in [-0.25, -0.2) is 4.39 Å². The van der Waals surface area contributed by atoms with Crippen molar-refractivity contribution < 1.29 is 9.13 Å². The van der Waals surface area contributed by atoms with E-state index >= 15 is 0 Å². The topological polar surface area (TPSA) is 9.23 Å². The van der Waals surface area contributed by atoms with Gasteiger partial charge in [-0.3, -0.25) is 0 Å². The van der Waals surface area contributed by atoms with Crippen LogP contribution in [-0.2, 0) is 0 Å². The van der Waals surface area contributed by atoms with E-state index in [9.17, 15) is 4.39 Å².